The summed E-state index contributed by atoms with van der Waals surface area (Å²) in [4.78, 5) is 8.46. The van der Waals surface area contributed by atoms with E-state index in [4.69, 9.17) is 15.2 Å². The zero-order valence-electron chi connectivity index (χ0n) is 13.7. The lowest BCUT2D eigenvalue weighted by molar-refractivity contribution is -0.0637. The van der Waals surface area contributed by atoms with Gasteiger partial charge in [-0.1, -0.05) is 30.3 Å². The Kier molecular flexibility index (Phi) is 4.45. The van der Waals surface area contributed by atoms with E-state index in [2.05, 4.69) is 25.5 Å². The van der Waals surface area contributed by atoms with Gasteiger partial charge in [0.2, 0.25) is 5.95 Å². The van der Waals surface area contributed by atoms with Crippen molar-refractivity contribution in [3.05, 3.63) is 42.1 Å². The van der Waals surface area contributed by atoms with Crippen molar-refractivity contribution in [2.45, 2.75) is 25.2 Å². The molecule has 0 amide bonds. The molecule has 0 aliphatic carbocycles. The molecule has 0 spiro atoms. The summed E-state index contributed by atoms with van der Waals surface area (Å²) >= 11 is 0. The number of nitrogen functional groups attached to an aromatic ring is 1. The van der Waals surface area contributed by atoms with Gasteiger partial charge in [-0.2, -0.15) is 15.1 Å². The fourth-order valence-electron chi connectivity index (χ4n) is 2.96. The van der Waals surface area contributed by atoms with E-state index in [1.165, 1.54) is 0 Å². The lowest BCUT2D eigenvalue weighted by Gasteiger charge is -2.32. The van der Waals surface area contributed by atoms with Crippen LogP contribution in [0.4, 0.5) is 11.8 Å². The van der Waals surface area contributed by atoms with E-state index in [1.54, 1.807) is 6.20 Å². The summed E-state index contributed by atoms with van der Waals surface area (Å²) in [5.74, 6) is 0.865. The number of benzene rings is 1. The molecule has 25 heavy (non-hydrogen) atoms. The highest BCUT2D eigenvalue weighted by Gasteiger charge is 2.27. The Morgan fingerprint density at radius 3 is 3.04 bits per heavy atom. The fourth-order valence-corrected chi connectivity index (χ4v) is 2.96. The van der Waals surface area contributed by atoms with E-state index >= 15 is 0 Å². The lowest BCUT2D eigenvalue weighted by atomic mass is 10.1. The molecule has 3 heterocycles. The van der Waals surface area contributed by atoms with E-state index in [0.29, 0.717) is 31.3 Å². The summed E-state index contributed by atoms with van der Waals surface area (Å²) in [6, 6.07) is 10.2. The van der Waals surface area contributed by atoms with Gasteiger partial charge in [0.15, 0.2) is 5.65 Å². The number of aromatic amines is 1. The largest absolute Gasteiger partial charge is 0.379 e. The van der Waals surface area contributed by atoms with Gasteiger partial charge in [0.1, 0.15) is 11.9 Å². The van der Waals surface area contributed by atoms with Gasteiger partial charge in [-0.25, -0.2) is 0 Å². The minimum atomic E-state index is -0.0768. The number of rotatable bonds is 5. The zero-order chi connectivity index (χ0) is 17.1. The second-order valence-corrected chi connectivity index (χ2v) is 6.01. The average Bonchev–Trinajstić information content (AvgIpc) is 3.10. The van der Waals surface area contributed by atoms with E-state index in [9.17, 15) is 0 Å². The van der Waals surface area contributed by atoms with Crippen molar-refractivity contribution >= 4 is 22.8 Å². The van der Waals surface area contributed by atoms with Gasteiger partial charge in [-0.3, -0.25) is 5.10 Å². The molecule has 8 nitrogen and oxygen atoms in total. The number of ether oxygens (including phenoxy) is 2. The Bertz CT molecular complexity index is 838. The van der Waals surface area contributed by atoms with Crippen LogP contribution in [0.2, 0.25) is 0 Å². The van der Waals surface area contributed by atoms with Gasteiger partial charge >= 0.3 is 0 Å². The van der Waals surface area contributed by atoms with Crippen molar-refractivity contribution in [3.63, 3.8) is 0 Å². The van der Waals surface area contributed by atoms with Crippen LogP contribution in [0.3, 0.4) is 0 Å². The number of hydrogen-bond donors (Lipinski definition) is 3. The molecule has 0 saturated carbocycles. The summed E-state index contributed by atoms with van der Waals surface area (Å²) in [5.41, 5.74) is 7.54. The molecule has 2 aromatic heterocycles. The van der Waals surface area contributed by atoms with Crippen LogP contribution in [0, 0.1) is 0 Å². The zero-order valence-corrected chi connectivity index (χ0v) is 13.7. The van der Waals surface area contributed by atoms with Gasteiger partial charge in [0.05, 0.1) is 30.8 Å². The van der Waals surface area contributed by atoms with E-state index in [-0.39, 0.29) is 18.1 Å². The highest BCUT2D eigenvalue weighted by atomic mass is 16.5. The van der Waals surface area contributed by atoms with Crippen LogP contribution in [-0.2, 0) is 16.1 Å². The first-order valence-electron chi connectivity index (χ1n) is 8.26. The highest BCUT2D eigenvalue weighted by molar-refractivity contribution is 5.86. The van der Waals surface area contributed by atoms with Gasteiger partial charge in [0.25, 0.3) is 0 Å². The van der Waals surface area contributed by atoms with Gasteiger partial charge < -0.3 is 20.5 Å². The summed E-state index contributed by atoms with van der Waals surface area (Å²) in [5, 5.41) is 11.1. The average molecular weight is 340 g/mol. The van der Waals surface area contributed by atoms with Crippen LogP contribution in [0.15, 0.2) is 36.5 Å². The van der Waals surface area contributed by atoms with Crippen molar-refractivity contribution in [2.75, 3.05) is 24.3 Å². The van der Waals surface area contributed by atoms with Crippen LogP contribution in [-0.4, -0.2) is 45.5 Å². The van der Waals surface area contributed by atoms with E-state index in [0.717, 1.165) is 17.4 Å². The molecule has 8 heteroatoms. The number of fused-ring (bicyclic) bond motifs is 1. The molecule has 0 unspecified atom stereocenters. The maximum atomic E-state index is 6.09. The maximum absolute atomic E-state index is 6.09. The molecule has 1 fully saturated rings. The molecular formula is C17H20N6O2. The van der Waals surface area contributed by atoms with Crippen molar-refractivity contribution in [1.82, 2.24) is 20.2 Å². The number of nitrogens with zero attached hydrogens (tertiary/aromatic N) is 3. The number of nitrogens with one attached hydrogen (secondary N) is 2. The predicted molar refractivity (Wildman–Crippen MR) is 94.0 cm³/mol. The first-order valence-corrected chi connectivity index (χ1v) is 8.26. The third-order valence-corrected chi connectivity index (χ3v) is 4.26. The van der Waals surface area contributed by atoms with Gasteiger partial charge in [-0.05, 0) is 12.0 Å². The molecular weight excluding hydrogens is 320 g/mol. The third kappa shape index (κ3) is 3.54. The Morgan fingerprint density at radius 1 is 1.28 bits per heavy atom. The third-order valence-electron chi connectivity index (χ3n) is 4.26. The smallest absolute Gasteiger partial charge is 0.224 e. The maximum Gasteiger partial charge on any atom is 0.224 e. The quantitative estimate of drug-likeness (QED) is 0.648. The summed E-state index contributed by atoms with van der Waals surface area (Å²) in [6.07, 6.45) is 2.44. The van der Waals surface area contributed by atoms with Crippen LogP contribution in [0.25, 0.3) is 11.0 Å². The van der Waals surface area contributed by atoms with Crippen LogP contribution >= 0.6 is 0 Å². The fraction of sp³-hybridized carbons (Fsp3) is 0.353. The molecule has 0 radical (unpaired) electrons. The van der Waals surface area contributed by atoms with Crippen molar-refractivity contribution in [1.29, 1.82) is 0 Å². The topological polar surface area (TPSA) is 111 Å². The van der Waals surface area contributed by atoms with Crippen LogP contribution in [0.1, 0.15) is 12.0 Å². The van der Waals surface area contributed by atoms with E-state index < -0.39 is 0 Å². The van der Waals surface area contributed by atoms with Gasteiger partial charge in [0, 0.05) is 6.61 Å². The first kappa shape index (κ1) is 15.8. The Morgan fingerprint density at radius 2 is 2.16 bits per heavy atom. The second-order valence-electron chi connectivity index (χ2n) is 6.01. The number of anilines is 2. The monoisotopic (exact) mass is 340 g/mol. The molecule has 4 N–H and O–H groups in total. The molecule has 2 atom stereocenters. The Balaban J connectivity index is 1.49. The summed E-state index contributed by atoms with van der Waals surface area (Å²) < 4.78 is 11.7. The molecule has 0 bridgehead atoms. The minimum Gasteiger partial charge on any atom is -0.379 e. The number of H-pyrrole nitrogens is 1. The molecule has 4 rings (SSSR count). The minimum absolute atomic E-state index is 0.0739. The van der Waals surface area contributed by atoms with E-state index in [1.807, 2.05) is 30.3 Å². The lowest BCUT2D eigenvalue weighted by Crippen LogP contribution is -2.43. The number of hydrogen-bond acceptors (Lipinski definition) is 7. The standard InChI is InChI=1S/C17H20N6O2/c18-17-21-15(12-8-19-23-16(12)22-17)20-13-6-7-24-10-14(13)25-9-11-4-2-1-3-5-11/h1-5,8,13-14H,6-7,9-10H2,(H4,18,19,20,21,22,23)/t13-,14-/m1/s1. The molecule has 1 aliphatic rings. The van der Waals surface area contributed by atoms with Gasteiger partial charge in [-0.15, -0.1) is 0 Å². The molecule has 1 aromatic carbocycles. The molecule has 3 aromatic rings. The SMILES string of the molecule is Nc1nc(N[C@@H]2CCOC[C@H]2OCc2ccccc2)c2cn[nH]c2n1. The number of nitrogens with two attached hydrogens (primary N) is 1. The summed E-state index contributed by atoms with van der Waals surface area (Å²) in [7, 11) is 0. The summed E-state index contributed by atoms with van der Waals surface area (Å²) in [6.45, 7) is 1.76. The molecule has 1 saturated heterocycles. The van der Waals surface area contributed by atoms with Crippen LogP contribution in [0.5, 0.6) is 0 Å². The highest BCUT2D eigenvalue weighted by Crippen LogP contribution is 2.23. The molecule has 1 aliphatic heterocycles. The van der Waals surface area contributed by atoms with Crippen LogP contribution < -0.4 is 11.1 Å². The van der Waals surface area contributed by atoms with Crippen molar-refractivity contribution < 1.29 is 9.47 Å². The van der Waals surface area contributed by atoms with Crippen molar-refractivity contribution in [3.8, 4) is 0 Å². The predicted octanol–water partition coefficient (Wildman–Crippen LogP) is 1.72. The Hall–Kier alpha value is -2.71. The van der Waals surface area contributed by atoms with Crippen molar-refractivity contribution in [2.24, 2.45) is 0 Å². The second kappa shape index (κ2) is 7.04. The number of aromatic nitrogens is 4. The first-order chi connectivity index (χ1) is 12.3. The Labute approximate surface area is 144 Å². The normalized spacial score (nSPS) is 20.6. The molecule has 130 valence electrons.